The number of nitrogens with zero attached hydrogens (tertiary/aromatic N) is 1. The van der Waals surface area contributed by atoms with Crippen LogP contribution in [0.5, 0.6) is 0 Å². The van der Waals surface area contributed by atoms with E-state index in [9.17, 15) is 14.3 Å². The molecule has 1 N–H and O–H groups in total. The van der Waals surface area contributed by atoms with E-state index in [4.69, 9.17) is 4.74 Å². The second kappa shape index (κ2) is 5.27. The third-order valence-electron chi connectivity index (χ3n) is 3.36. The molecule has 1 heterocycles. The van der Waals surface area contributed by atoms with Crippen LogP contribution in [0.15, 0.2) is 24.3 Å². The number of amides is 1. The second-order valence-corrected chi connectivity index (χ2v) is 4.83. The van der Waals surface area contributed by atoms with E-state index in [-0.39, 0.29) is 24.8 Å². The first kappa shape index (κ1) is 14.0. The fourth-order valence-corrected chi connectivity index (χ4v) is 2.26. The molecule has 0 aromatic heterocycles. The molecule has 104 valence electrons. The highest BCUT2D eigenvalue weighted by atomic mass is 19.1. The number of carbonyl (C=O) groups excluding carboxylic acids is 1. The Hall–Kier alpha value is -1.46. The Morgan fingerprint density at radius 1 is 1.47 bits per heavy atom. The molecule has 1 fully saturated rings. The smallest absolute Gasteiger partial charge is 0.251 e. The zero-order valence-corrected chi connectivity index (χ0v) is 11.1. The van der Waals surface area contributed by atoms with E-state index in [0.29, 0.717) is 12.2 Å². The second-order valence-electron chi connectivity index (χ2n) is 4.83. The minimum absolute atomic E-state index is 0.131. The highest BCUT2D eigenvalue weighted by molar-refractivity contribution is 5.81. The quantitative estimate of drug-likeness (QED) is 0.894. The lowest BCUT2D eigenvalue weighted by Crippen LogP contribution is -2.63. The fraction of sp³-hybridized carbons (Fsp3) is 0.500. The van der Waals surface area contributed by atoms with Gasteiger partial charge < -0.3 is 14.7 Å². The normalized spacial score (nSPS) is 18.8. The Balaban J connectivity index is 1.97. The lowest BCUT2D eigenvalue weighted by molar-refractivity contribution is -0.167. The maximum atomic E-state index is 12.8. The van der Waals surface area contributed by atoms with Crippen molar-refractivity contribution in [3.63, 3.8) is 0 Å². The molecular formula is C14H18FNO3. The predicted octanol–water partition coefficient (Wildman–Crippen LogP) is 1.28. The Morgan fingerprint density at radius 2 is 2.05 bits per heavy atom. The summed E-state index contributed by atoms with van der Waals surface area (Å²) in [5, 5.41) is 10.3. The molecule has 1 atom stereocenters. The van der Waals surface area contributed by atoms with Gasteiger partial charge in [0.25, 0.3) is 5.91 Å². The topological polar surface area (TPSA) is 49.8 Å². The summed E-state index contributed by atoms with van der Waals surface area (Å²) in [6.07, 6.45) is -0.497. The van der Waals surface area contributed by atoms with Crippen LogP contribution in [-0.4, -0.2) is 41.7 Å². The minimum Gasteiger partial charge on any atom is -0.381 e. The van der Waals surface area contributed by atoms with Crippen LogP contribution in [0.4, 0.5) is 4.39 Å². The first-order valence-electron chi connectivity index (χ1n) is 6.35. The Kier molecular flexibility index (Phi) is 3.87. The van der Waals surface area contributed by atoms with Crippen LogP contribution in [0, 0.1) is 5.82 Å². The minimum atomic E-state index is -1.07. The number of carbonyl (C=O) groups is 1. The lowest BCUT2D eigenvalue weighted by atomic mass is 9.86. The molecule has 19 heavy (non-hydrogen) atoms. The molecule has 1 aliphatic rings. The molecule has 1 amide bonds. The van der Waals surface area contributed by atoms with Crippen LogP contribution in [0.3, 0.4) is 0 Å². The third kappa shape index (κ3) is 2.77. The number of hydrogen-bond donors (Lipinski definition) is 1. The van der Waals surface area contributed by atoms with Gasteiger partial charge in [0.15, 0.2) is 0 Å². The molecule has 1 aromatic carbocycles. The van der Waals surface area contributed by atoms with E-state index in [2.05, 4.69) is 0 Å². The molecule has 0 spiro atoms. The van der Waals surface area contributed by atoms with E-state index >= 15 is 0 Å². The number of hydrogen-bond acceptors (Lipinski definition) is 3. The van der Waals surface area contributed by atoms with Gasteiger partial charge in [-0.2, -0.15) is 0 Å². The van der Waals surface area contributed by atoms with Gasteiger partial charge in [-0.15, -0.1) is 0 Å². The molecule has 5 heteroatoms. The number of benzene rings is 1. The molecule has 1 aromatic rings. The van der Waals surface area contributed by atoms with Crippen molar-refractivity contribution in [2.45, 2.75) is 25.6 Å². The van der Waals surface area contributed by atoms with Gasteiger partial charge in [-0.1, -0.05) is 12.1 Å². The van der Waals surface area contributed by atoms with Gasteiger partial charge in [0, 0.05) is 6.61 Å². The standard InChI is InChI=1S/C14H18FNO3/c1-3-19-10(2)13(17)16-8-14(18,9-16)11-4-6-12(15)7-5-11/h4-7,10,18H,3,8-9H2,1-2H3. The molecule has 0 bridgehead atoms. The van der Waals surface area contributed by atoms with Gasteiger partial charge in [0.1, 0.15) is 17.5 Å². The predicted molar refractivity (Wildman–Crippen MR) is 68.0 cm³/mol. The highest BCUT2D eigenvalue weighted by Crippen LogP contribution is 2.32. The van der Waals surface area contributed by atoms with Crippen LogP contribution >= 0.6 is 0 Å². The van der Waals surface area contributed by atoms with Gasteiger partial charge in [-0.3, -0.25) is 4.79 Å². The van der Waals surface area contributed by atoms with E-state index < -0.39 is 11.7 Å². The molecule has 1 saturated heterocycles. The number of β-amino-alcohol motifs (C(OH)–C–C–N with tert-alkyl or cyclic N) is 1. The van der Waals surface area contributed by atoms with Gasteiger partial charge in [0.2, 0.25) is 0 Å². The summed E-state index contributed by atoms with van der Waals surface area (Å²) in [5.74, 6) is -0.474. The van der Waals surface area contributed by atoms with E-state index in [0.717, 1.165) is 0 Å². The van der Waals surface area contributed by atoms with Gasteiger partial charge >= 0.3 is 0 Å². The summed E-state index contributed by atoms with van der Waals surface area (Å²) in [6.45, 7) is 4.43. The van der Waals surface area contributed by atoms with Gasteiger partial charge in [-0.25, -0.2) is 4.39 Å². The maximum absolute atomic E-state index is 12.8. The molecule has 4 nitrogen and oxygen atoms in total. The number of halogens is 1. The molecule has 0 radical (unpaired) electrons. The van der Waals surface area contributed by atoms with Crippen molar-refractivity contribution in [1.82, 2.24) is 4.90 Å². The average Bonchev–Trinajstić information content (AvgIpc) is 2.35. The van der Waals surface area contributed by atoms with Crippen LogP contribution in [-0.2, 0) is 15.1 Å². The van der Waals surface area contributed by atoms with Crippen LogP contribution in [0.25, 0.3) is 0 Å². The first-order chi connectivity index (χ1) is 8.96. The fourth-order valence-electron chi connectivity index (χ4n) is 2.26. The summed E-state index contributed by atoms with van der Waals surface area (Å²) in [6, 6.07) is 5.70. The Labute approximate surface area is 111 Å². The van der Waals surface area contributed by atoms with Crippen molar-refractivity contribution in [1.29, 1.82) is 0 Å². The third-order valence-corrected chi connectivity index (χ3v) is 3.36. The molecule has 0 saturated carbocycles. The first-order valence-corrected chi connectivity index (χ1v) is 6.35. The van der Waals surface area contributed by atoms with Crippen molar-refractivity contribution in [3.8, 4) is 0 Å². The Morgan fingerprint density at radius 3 is 2.58 bits per heavy atom. The summed E-state index contributed by atoms with van der Waals surface area (Å²) >= 11 is 0. The van der Waals surface area contributed by atoms with Gasteiger partial charge in [-0.05, 0) is 31.5 Å². The van der Waals surface area contributed by atoms with Crippen LogP contribution in [0.2, 0.25) is 0 Å². The highest BCUT2D eigenvalue weighted by Gasteiger charge is 2.45. The average molecular weight is 267 g/mol. The molecule has 2 rings (SSSR count). The maximum Gasteiger partial charge on any atom is 0.251 e. The summed E-state index contributed by atoms with van der Waals surface area (Å²) in [4.78, 5) is 13.5. The van der Waals surface area contributed by atoms with Gasteiger partial charge in [0.05, 0.1) is 13.1 Å². The van der Waals surface area contributed by atoms with Crippen molar-refractivity contribution in [2.75, 3.05) is 19.7 Å². The monoisotopic (exact) mass is 267 g/mol. The summed E-state index contributed by atoms with van der Waals surface area (Å²) in [7, 11) is 0. The molecule has 1 unspecified atom stereocenters. The van der Waals surface area contributed by atoms with Crippen molar-refractivity contribution < 1.29 is 19.0 Å². The van der Waals surface area contributed by atoms with Crippen molar-refractivity contribution in [2.24, 2.45) is 0 Å². The number of aliphatic hydroxyl groups is 1. The number of likely N-dealkylation sites (tertiary alicyclic amines) is 1. The Bertz CT molecular complexity index is 454. The van der Waals surface area contributed by atoms with E-state index in [1.165, 1.54) is 12.1 Å². The summed E-state index contributed by atoms with van der Waals surface area (Å²) < 4.78 is 18.1. The zero-order valence-electron chi connectivity index (χ0n) is 11.1. The number of rotatable bonds is 4. The van der Waals surface area contributed by atoms with Crippen LogP contribution in [0.1, 0.15) is 19.4 Å². The molecule has 1 aliphatic heterocycles. The molecule has 0 aliphatic carbocycles. The van der Waals surface area contributed by atoms with Crippen LogP contribution < -0.4 is 0 Å². The molecular weight excluding hydrogens is 249 g/mol. The summed E-state index contributed by atoms with van der Waals surface area (Å²) in [5.41, 5.74) is -0.447. The van der Waals surface area contributed by atoms with Crippen molar-refractivity contribution >= 4 is 5.91 Å². The van der Waals surface area contributed by atoms with Crippen molar-refractivity contribution in [3.05, 3.63) is 35.6 Å². The SMILES string of the molecule is CCOC(C)C(=O)N1CC(O)(c2ccc(F)cc2)C1. The lowest BCUT2D eigenvalue weighted by Gasteiger charge is -2.47. The zero-order chi connectivity index (χ0) is 14.0. The van der Waals surface area contributed by atoms with E-state index in [1.807, 2.05) is 6.92 Å². The largest absolute Gasteiger partial charge is 0.381 e. The number of ether oxygens (including phenoxy) is 1. The van der Waals surface area contributed by atoms with E-state index in [1.54, 1.807) is 24.0 Å².